The zero-order chi connectivity index (χ0) is 20.2. The van der Waals surface area contributed by atoms with E-state index in [1.54, 1.807) is 6.07 Å². The Hall–Kier alpha value is -1.91. The third kappa shape index (κ3) is 4.65. The van der Waals surface area contributed by atoms with E-state index in [4.69, 9.17) is 23.2 Å². The molecule has 2 nitrogen and oxygen atoms in total. The topological polar surface area (TPSA) is 6.48 Å². The maximum Gasteiger partial charge on any atom is 0.127 e. The Bertz CT molecular complexity index is 923. The maximum absolute atomic E-state index is 14.4. The summed E-state index contributed by atoms with van der Waals surface area (Å²) in [4.78, 5) is 4.69. The molecule has 0 spiro atoms. The molecule has 0 saturated carbocycles. The van der Waals surface area contributed by atoms with Gasteiger partial charge in [0.2, 0.25) is 0 Å². The van der Waals surface area contributed by atoms with E-state index in [1.165, 1.54) is 6.07 Å². The molecular weight excluding hydrogens is 406 g/mol. The molecular formula is C24H23Cl2FN2. The minimum atomic E-state index is -0.173. The minimum Gasteiger partial charge on any atom is -0.280 e. The molecule has 0 radical (unpaired) electrons. The Morgan fingerprint density at radius 1 is 0.724 bits per heavy atom. The molecule has 1 saturated heterocycles. The second kappa shape index (κ2) is 9.27. The molecule has 4 rings (SSSR count). The van der Waals surface area contributed by atoms with Gasteiger partial charge in [-0.15, -0.1) is 0 Å². The van der Waals surface area contributed by atoms with Crippen molar-refractivity contribution in [2.24, 2.45) is 0 Å². The minimum absolute atomic E-state index is 0.0478. The summed E-state index contributed by atoms with van der Waals surface area (Å²) in [5, 5.41) is 1.48. The predicted octanol–water partition coefficient (Wildman–Crippen LogP) is 6.54. The Morgan fingerprint density at radius 2 is 1.28 bits per heavy atom. The van der Waals surface area contributed by atoms with E-state index in [0.29, 0.717) is 18.7 Å². The van der Waals surface area contributed by atoms with Gasteiger partial charge in [-0.1, -0.05) is 77.8 Å². The molecule has 0 aliphatic carbocycles. The molecule has 29 heavy (non-hydrogen) atoms. The maximum atomic E-state index is 14.4. The number of hydrogen-bond acceptors (Lipinski definition) is 2. The van der Waals surface area contributed by atoms with Crippen LogP contribution in [0.2, 0.25) is 10.0 Å². The average molecular weight is 429 g/mol. The second-order valence-electron chi connectivity index (χ2n) is 7.37. The fourth-order valence-corrected chi connectivity index (χ4v) is 4.48. The van der Waals surface area contributed by atoms with Crippen molar-refractivity contribution in [2.75, 3.05) is 13.1 Å². The van der Waals surface area contributed by atoms with E-state index < -0.39 is 0 Å². The molecule has 150 valence electrons. The molecule has 1 atom stereocenters. The summed E-state index contributed by atoms with van der Waals surface area (Å²) < 4.78 is 14.4. The van der Waals surface area contributed by atoms with Gasteiger partial charge in [-0.3, -0.25) is 9.80 Å². The highest BCUT2D eigenvalue weighted by molar-refractivity contribution is 6.31. The van der Waals surface area contributed by atoms with Crippen molar-refractivity contribution >= 4 is 23.2 Å². The Labute approximate surface area is 181 Å². The van der Waals surface area contributed by atoms with Gasteiger partial charge in [0.15, 0.2) is 0 Å². The highest BCUT2D eigenvalue weighted by atomic mass is 35.5. The number of hydrogen-bond donors (Lipinski definition) is 0. The van der Waals surface area contributed by atoms with Gasteiger partial charge in [0.05, 0.1) is 6.17 Å². The molecule has 3 aromatic carbocycles. The van der Waals surface area contributed by atoms with Crippen molar-refractivity contribution < 1.29 is 4.39 Å². The Morgan fingerprint density at radius 3 is 1.93 bits per heavy atom. The third-order valence-corrected chi connectivity index (χ3v) is 6.14. The van der Waals surface area contributed by atoms with E-state index in [2.05, 4.69) is 21.9 Å². The van der Waals surface area contributed by atoms with Crippen LogP contribution >= 0.6 is 23.2 Å². The summed E-state index contributed by atoms with van der Waals surface area (Å²) in [5.74, 6) is -0.173. The van der Waals surface area contributed by atoms with E-state index in [9.17, 15) is 4.39 Å². The molecule has 1 aliphatic heterocycles. The Balaban J connectivity index is 1.69. The first-order valence-electron chi connectivity index (χ1n) is 9.83. The fraction of sp³-hybridized carbons (Fsp3) is 0.250. The van der Waals surface area contributed by atoms with Gasteiger partial charge in [-0.2, -0.15) is 0 Å². The summed E-state index contributed by atoms with van der Waals surface area (Å²) in [5.41, 5.74) is 2.82. The molecule has 3 aromatic rings. The van der Waals surface area contributed by atoms with E-state index in [-0.39, 0.29) is 12.0 Å². The van der Waals surface area contributed by atoms with Crippen LogP contribution in [0.4, 0.5) is 4.39 Å². The zero-order valence-corrected chi connectivity index (χ0v) is 17.6. The lowest BCUT2D eigenvalue weighted by Gasteiger charge is -2.44. The van der Waals surface area contributed by atoms with Crippen molar-refractivity contribution in [3.05, 3.63) is 105 Å². The van der Waals surface area contributed by atoms with Crippen LogP contribution < -0.4 is 0 Å². The number of nitrogens with zero attached hydrogens (tertiary/aromatic N) is 2. The molecule has 0 amide bonds. The summed E-state index contributed by atoms with van der Waals surface area (Å²) >= 11 is 13.0. The van der Waals surface area contributed by atoms with Gasteiger partial charge >= 0.3 is 0 Å². The van der Waals surface area contributed by atoms with Crippen LogP contribution in [0.15, 0.2) is 72.8 Å². The molecule has 1 aliphatic rings. The molecule has 0 aromatic heterocycles. The SMILES string of the molecule is Fc1ccccc1CN1CCCN(Cc2ccccc2Cl)[C@H]1c1ccccc1Cl. The summed E-state index contributed by atoms with van der Waals surface area (Å²) in [6.45, 7) is 3.04. The highest BCUT2D eigenvalue weighted by Gasteiger charge is 2.32. The summed E-state index contributed by atoms with van der Waals surface area (Å²) in [7, 11) is 0. The van der Waals surface area contributed by atoms with Crippen molar-refractivity contribution in [3.63, 3.8) is 0 Å². The first kappa shape index (κ1) is 20.4. The van der Waals surface area contributed by atoms with Gasteiger partial charge in [0.1, 0.15) is 5.82 Å². The molecule has 1 fully saturated rings. The van der Waals surface area contributed by atoms with Gasteiger partial charge in [-0.05, 0) is 30.2 Å². The predicted molar refractivity (Wildman–Crippen MR) is 117 cm³/mol. The van der Waals surface area contributed by atoms with Crippen molar-refractivity contribution in [3.8, 4) is 0 Å². The average Bonchev–Trinajstić information content (AvgIpc) is 2.72. The van der Waals surface area contributed by atoms with Gasteiger partial charge in [0.25, 0.3) is 0 Å². The van der Waals surface area contributed by atoms with Crippen LogP contribution in [-0.2, 0) is 13.1 Å². The van der Waals surface area contributed by atoms with Crippen LogP contribution in [0.1, 0.15) is 29.3 Å². The lowest BCUT2D eigenvalue weighted by Crippen LogP contribution is -2.47. The normalized spacial score (nSPS) is 18.1. The zero-order valence-electron chi connectivity index (χ0n) is 16.1. The second-order valence-corrected chi connectivity index (χ2v) is 8.19. The molecule has 1 heterocycles. The van der Waals surface area contributed by atoms with Crippen LogP contribution in [0.3, 0.4) is 0 Å². The van der Waals surface area contributed by atoms with Crippen LogP contribution in [-0.4, -0.2) is 22.9 Å². The largest absolute Gasteiger partial charge is 0.280 e. The lowest BCUT2D eigenvalue weighted by molar-refractivity contribution is -0.00956. The number of rotatable bonds is 5. The monoisotopic (exact) mass is 428 g/mol. The fourth-order valence-electron chi connectivity index (χ4n) is 4.05. The molecule has 0 N–H and O–H groups in total. The van der Waals surface area contributed by atoms with Gasteiger partial charge in [-0.25, -0.2) is 4.39 Å². The Kier molecular flexibility index (Phi) is 6.51. The quantitative estimate of drug-likeness (QED) is 0.455. The van der Waals surface area contributed by atoms with E-state index >= 15 is 0 Å². The number of halogens is 3. The van der Waals surface area contributed by atoms with Crippen LogP contribution in [0.5, 0.6) is 0 Å². The highest BCUT2D eigenvalue weighted by Crippen LogP contribution is 2.36. The van der Waals surface area contributed by atoms with Crippen LogP contribution in [0.25, 0.3) is 0 Å². The van der Waals surface area contributed by atoms with Gasteiger partial charge in [0, 0.05) is 47.4 Å². The third-order valence-electron chi connectivity index (χ3n) is 5.43. The number of benzene rings is 3. The van der Waals surface area contributed by atoms with Crippen molar-refractivity contribution in [1.82, 2.24) is 9.80 Å². The standard InChI is InChI=1S/C24H23Cl2FN2/c25-21-11-4-1-8-18(21)16-28-14-7-15-29(17-19-9-2-6-13-23(19)27)24(28)20-10-3-5-12-22(20)26/h1-6,8-13,24H,7,14-17H2/t24-/m1/s1. The van der Waals surface area contributed by atoms with Crippen molar-refractivity contribution in [2.45, 2.75) is 25.7 Å². The molecule has 0 unspecified atom stereocenters. The van der Waals surface area contributed by atoms with E-state index in [0.717, 1.165) is 40.7 Å². The van der Waals surface area contributed by atoms with Crippen molar-refractivity contribution in [1.29, 1.82) is 0 Å². The summed E-state index contributed by atoms with van der Waals surface area (Å²) in [6, 6.07) is 22.8. The molecule has 5 heteroatoms. The first-order valence-corrected chi connectivity index (χ1v) is 10.6. The smallest absolute Gasteiger partial charge is 0.127 e. The summed E-state index contributed by atoms with van der Waals surface area (Å²) in [6.07, 6.45) is 0.952. The van der Waals surface area contributed by atoms with Crippen LogP contribution in [0, 0.1) is 5.82 Å². The van der Waals surface area contributed by atoms with E-state index in [1.807, 2.05) is 48.5 Å². The van der Waals surface area contributed by atoms with Gasteiger partial charge < -0.3 is 0 Å². The molecule has 0 bridgehead atoms. The first-order chi connectivity index (χ1) is 14.1. The lowest BCUT2D eigenvalue weighted by atomic mass is 10.0.